The number of hydrogen-bond acceptors (Lipinski definition) is 2. The van der Waals surface area contributed by atoms with Crippen LogP contribution in [0.15, 0.2) is 66.7 Å². The molecular formula is C24H18Cl2N2O2. The molecule has 0 aliphatic rings. The minimum atomic E-state index is -1.06. The highest BCUT2D eigenvalue weighted by Gasteiger charge is 2.26. The van der Waals surface area contributed by atoms with E-state index in [0.717, 1.165) is 22.4 Å². The van der Waals surface area contributed by atoms with Gasteiger partial charge in [-0.1, -0.05) is 65.7 Å². The Balaban J connectivity index is 2.07. The largest absolute Gasteiger partial charge is 0.478 e. The lowest BCUT2D eigenvalue weighted by atomic mass is 10.0. The molecule has 0 radical (unpaired) electrons. The van der Waals surface area contributed by atoms with E-state index in [0.29, 0.717) is 27.0 Å². The summed E-state index contributed by atoms with van der Waals surface area (Å²) in [5.41, 5.74) is 5.31. The standard InChI is InChI=1S/C24H18Cl2N2O2/c1-14-8-10-18(12-15(14)2)28-23(16-6-4-3-5-7-16)21(24(29)30)22(27-28)17-9-11-19(25)20(26)13-17/h3-13H,1-2H3,(H,29,30). The molecule has 150 valence electrons. The normalized spacial score (nSPS) is 10.9. The molecule has 1 heterocycles. The second kappa shape index (κ2) is 7.98. The third-order valence-corrected chi connectivity index (χ3v) is 5.81. The van der Waals surface area contributed by atoms with Gasteiger partial charge >= 0.3 is 5.97 Å². The Bertz CT molecular complexity index is 1260. The zero-order valence-electron chi connectivity index (χ0n) is 16.4. The van der Waals surface area contributed by atoms with Crippen LogP contribution in [-0.2, 0) is 0 Å². The van der Waals surface area contributed by atoms with Gasteiger partial charge < -0.3 is 5.11 Å². The summed E-state index contributed by atoms with van der Waals surface area (Å²) in [6.07, 6.45) is 0. The molecule has 1 aromatic heterocycles. The minimum Gasteiger partial charge on any atom is -0.478 e. The van der Waals surface area contributed by atoms with Crippen molar-refractivity contribution < 1.29 is 9.90 Å². The van der Waals surface area contributed by atoms with Crippen molar-refractivity contribution in [2.45, 2.75) is 13.8 Å². The van der Waals surface area contributed by atoms with Gasteiger partial charge in [-0.25, -0.2) is 9.48 Å². The summed E-state index contributed by atoms with van der Waals surface area (Å²) in [6.45, 7) is 4.05. The molecule has 0 amide bonds. The van der Waals surface area contributed by atoms with Crippen molar-refractivity contribution >= 4 is 29.2 Å². The van der Waals surface area contributed by atoms with Crippen LogP contribution in [0.2, 0.25) is 10.0 Å². The van der Waals surface area contributed by atoms with E-state index in [2.05, 4.69) is 0 Å². The molecule has 0 saturated heterocycles. The fraction of sp³-hybridized carbons (Fsp3) is 0.0833. The number of rotatable bonds is 4. The Morgan fingerprint density at radius 1 is 0.867 bits per heavy atom. The van der Waals surface area contributed by atoms with Gasteiger partial charge in [-0.2, -0.15) is 5.10 Å². The van der Waals surface area contributed by atoms with Gasteiger partial charge in [0.05, 0.1) is 21.4 Å². The molecule has 0 spiro atoms. The van der Waals surface area contributed by atoms with Crippen LogP contribution in [0.5, 0.6) is 0 Å². The van der Waals surface area contributed by atoms with Crippen LogP contribution < -0.4 is 0 Å². The predicted molar refractivity (Wildman–Crippen MR) is 121 cm³/mol. The van der Waals surface area contributed by atoms with Crippen LogP contribution in [0.25, 0.3) is 28.2 Å². The van der Waals surface area contributed by atoms with Crippen LogP contribution >= 0.6 is 23.2 Å². The zero-order valence-corrected chi connectivity index (χ0v) is 17.9. The number of carboxylic acid groups (broad SMARTS) is 1. The highest BCUT2D eigenvalue weighted by atomic mass is 35.5. The van der Waals surface area contributed by atoms with E-state index >= 15 is 0 Å². The Kier molecular flexibility index (Phi) is 5.37. The highest BCUT2D eigenvalue weighted by Crippen LogP contribution is 2.36. The molecule has 1 N–H and O–H groups in total. The van der Waals surface area contributed by atoms with Gasteiger partial charge in [-0.05, 0) is 49.2 Å². The molecule has 0 saturated carbocycles. The summed E-state index contributed by atoms with van der Waals surface area (Å²) in [5, 5.41) is 15.6. The van der Waals surface area contributed by atoms with Gasteiger partial charge in [0.2, 0.25) is 0 Å². The van der Waals surface area contributed by atoms with Crippen molar-refractivity contribution in [2.24, 2.45) is 0 Å². The topological polar surface area (TPSA) is 55.1 Å². The number of benzene rings is 3. The lowest BCUT2D eigenvalue weighted by Crippen LogP contribution is -2.03. The van der Waals surface area contributed by atoms with Crippen LogP contribution in [0.4, 0.5) is 0 Å². The first-order valence-corrected chi connectivity index (χ1v) is 10.1. The minimum absolute atomic E-state index is 0.109. The maximum Gasteiger partial charge on any atom is 0.340 e. The lowest BCUT2D eigenvalue weighted by Gasteiger charge is -2.10. The van der Waals surface area contributed by atoms with E-state index in [9.17, 15) is 9.90 Å². The first kappa shape index (κ1) is 20.2. The Hall–Kier alpha value is -3.08. The number of nitrogens with zero attached hydrogens (tertiary/aromatic N) is 2. The van der Waals surface area contributed by atoms with Gasteiger partial charge in [0.15, 0.2) is 0 Å². The highest BCUT2D eigenvalue weighted by molar-refractivity contribution is 6.42. The molecule has 3 aromatic carbocycles. The van der Waals surface area contributed by atoms with Crippen molar-refractivity contribution in [1.29, 1.82) is 0 Å². The van der Waals surface area contributed by atoms with Crippen LogP contribution in [0.1, 0.15) is 21.5 Å². The molecule has 0 unspecified atom stereocenters. The monoisotopic (exact) mass is 436 g/mol. The maximum atomic E-state index is 12.4. The third kappa shape index (κ3) is 3.60. The van der Waals surface area contributed by atoms with E-state index in [1.165, 1.54) is 0 Å². The number of carbonyl (C=O) groups is 1. The molecule has 0 fully saturated rings. The molecule has 6 heteroatoms. The number of aromatic carboxylic acids is 1. The summed E-state index contributed by atoms with van der Waals surface area (Å²) in [4.78, 5) is 12.4. The van der Waals surface area contributed by atoms with Gasteiger partial charge in [0.25, 0.3) is 0 Å². The second-order valence-electron chi connectivity index (χ2n) is 7.05. The average molecular weight is 437 g/mol. The predicted octanol–water partition coefficient (Wildman–Crippen LogP) is 6.83. The lowest BCUT2D eigenvalue weighted by molar-refractivity contribution is 0.0698. The van der Waals surface area contributed by atoms with Crippen LogP contribution in [-0.4, -0.2) is 20.9 Å². The quantitative estimate of drug-likeness (QED) is 0.381. The molecule has 0 atom stereocenters. The van der Waals surface area contributed by atoms with Crippen LogP contribution in [0, 0.1) is 13.8 Å². The molecule has 4 nitrogen and oxygen atoms in total. The number of aromatic nitrogens is 2. The van der Waals surface area contributed by atoms with Crippen LogP contribution in [0.3, 0.4) is 0 Å². The zero-order chi connectivity index (χ0) is 21.4. The summed E-state index contributed by atoms with van der Waals surface area (Å²) in [7, 11) is 0. The van der Waals surface area contributed by atoms with E-state index in [-0.39, 0.29) is 5.56 Å². The maximum absolute atomic E-state index is 12.4. The first-order chi connectivity index (χ1) is 14.4. The number of aryl methyl sites for hydroxylation is 2. The Morgan fingerprint density at radius 2 is 1.60 bits per heavy atom. The molecule has 30 heavy (non-hydrogen) atoms. The summed E-state index contributed by atoms with van der Waals surface area (Å²) in [5.74, 6) is -1.06. The van der Waals surface area contributed by atoms with Crippen molar-refractivity contribution in [2.75, 3.05) is 0 Å². The van der Waals surface area contributed by atoms with Gasteiger partial charge in [0.1, 0.15) is 11.3 Å². The Labute approximate surface area is 184 Å². The first-order valence-electron chi connectivity index (χ1n) is 9.31. The van der Waals surface area contributed by atoms with E-state index in [4.69, 9.17) is 28.3 Å². The fourth-order valence-electron chi connectivity index (χ4n) is 3.37. The number of halogens is 2. The van der Waals surface area contributed by atoms with Crippen molar-refractivity contribution in [1.82, 2.24) is 9.78 Å². The van der Waals surface area contributed by atoms with Crippen molar-refractivity contribution in [3.63, 3.8) is 0 Å². The van der Waals surface area contributed by atoms with Crippen molar-refractivity contribution in [3.05, 3.63) is 93.5 Å². The van der Waals surface area contributed by atoms with Crippen molar-refractivity contribution in [3.8, 4) is 28.2 Å². The smallest absolute Gasteiger partial charge is 0.340 e. The summed E-state index contributed by atoms with van der Waals surface area (Å²) >= 11 is 12.3. The molecule has 4 rings (SSSR count). The van der Waals surface area contributed by atoms with E-state index in [1.807, 2.05) is 62.4 Å². The number of hydrogen-bond donors (Lipinski definition) is 1. The second-order valence-corrected chi connectivity index (χ2v) is 7.87. The average Bonchev–Trinajstić information content (AvgIpc) is 3.13. The number of carboxylic acids is 1. The molecular weight excluding hydrogens is 419 g/mol. The van der Waals surface area contributed by atoms with E-state index < -0.39 is 5.97 Å². The van der Waals surface area contributed by atoms with Gasteiger partial charge in [-0.3, -0.25) is 0 Å². The molecule has 0 aliphatic heterocycles. The van der Waals surface area contributed by atoms with Gasteiger partial charge in [-0.15, -0.1) is 0 Å². The summed E-state index contributed by atoms with van der Waals surface area (Å²) < 4.78 is 1.68. The van der Waals surface area contributed by atoms with E-state index in [1.54, 1.807) is 22.9 Å². The SMILES string of the molecule is Cc1ccc(-n2nc(-c3ccc(Cl)c(Cl)c3)c(C(=O)O)c2-c2ccccc2)cc1C. The van der Waals surface area contributed by atoms with Gasteiger partial charge in [0, 0.05) is 11.1 Å². The molecule has 0 aliphatic carbocycles. The Morgan fingerprint density at radius 3 is 2.23 bits per heavy atom. The third-order valence-electron chi connectivity index (χ3n) is 5.07. The summed E-state index contributed by atoms with van der Waals surface area (Å²) in [6, 6.07) is 20.3. The molecule has 0 bridgehead atoms. The fourth-order valence-corrected chi connectivity index (χ4v) is 3.67. The molecule has 4 aromatic rings.